The predicted octanol–water partition coefficient (Wildman–Crippen LogP) is 2.60. The lowest BCUT2D eigenvalue weighted by molar-refractivity contribution is 0.186. The Morgan fingerprint density at radius 2 is 2.40 bits per heavy atom. The smallest absolute Gasteiger partial charge is 0.183 e. The molecule has 1 aromatic heterocycles. The van der Waals surface area contributed by atoms with Crippen molar-refractivity contribution in [2.24, 2.45) is 0 Å². The Hall–Kier alpha value is 0.160. The fraction of sp³-hybridized carbons (Fsp3) is 0.600. The molecule has 1 N–H and O–H groups in total. The second kappa shape index (κ2) is 4.99. The van der Waals surface area contributed by atoms with Gasteiger partial charge in [0, 0.05) is 25.7 Å². The van der Waals surface area contributed by atoms with Gasteiger partial charge in [-0.15, -0.1) is 0 Å². The summed E-state index contributed by atoms with van der Waals surface area (Å²) in [4.78, 5) is 2.40. The van der Waals surface area contributed by atoms with Crippen molar-refractivity contribution >= 4 is 31.9 Å². The highest BCUT2D eigenvalue weighted by atomic mass is 79.9. The molecule has 1 fully saturated rings. The second-order valence-corrected chi connectivity index (χ2v) is 5.50. The number of hydrogen-bond donors (Lipinski definition) is 1. The monoisotopic (exact) mass is 336 g/mol. The molecule has 15 heavy (non-hydrogen) atoms. The minimum Gasteiger partial charge on any atom is -0.452 e. The Kier molecular flexibility index (Phi) is 3.88. The molecule has 1 unspecified atom stereocenters. The maximum Gasteiger partial charge on any atom is 0.183 e. The molecule has 1 aliphatic rings. The molecule has 1 atom stereocenters. The summed E-state index contributed by atoms with van der Waals surface area (Å²) in [5.74, 6) is 1.00. The van der Waals surface area contributed by atoms with Crippen LogP contribution < -0.4 is 5.32 Å². The largest absolute Gasteiger partial charge is 0.452 e. The van der Waals surface area contributed by atoms with Crippen molar-refractivity contribution in [1.82, 2.24) is 10.2 Å². The average molecular weight is 338 g/mol. The Bertz CT molecular complexity index is 321. The minimum absolute atomic E-state index is 0.570. The van der Waals surface area contributed by atoms with Crippen LogP contribution in [0.5, 0.6) is 0 Å². The second-order valence-electron chi connectivity index (χ2n) is 3.92. The van der Waals surface area contributed by atoms with Crippen molar-refractivity contribution in [1.29, 1.82) is 0 Å². The van der Waals surface area contributed by atoms with E-state index in [1.807, 2.05) is 6.07 Å². The van der Waals surface area contributed by atoms with Crippen molar-refractivity contribution < 1.29 is 4.42 Å². The fourth-order valence-electron chi connectivity index (χ4n) is 1.85. The summed E-state index contributed by atoms with van der Waals surface area (Å²) in [6.07, 6.45) is 0. The van der Waals surface area contributed by atoms with Crippen molar-refractivity contribution in [3.05, 3.63) is 21.0 Å². The van der Waals surface area contributed by atoms with Crippen LogP contribution in [0, 0.1) is 0 Å². The Morgan fingerprint density at radius 1 is 1.60 bits per heavy atom. The first-order chi connectivity index (χ1) is 7.15. The lowest BCUT2D eigenvalue weighted by atomic mass is 10.2. The van der Waals surface area contributed by atoms with Crippen molar-refractivity contribution in [2.75, 3.05) is 19.6 Å². The van der Waals surface area contributed by atoms with Crippen LogP contribution >= 0.6 is 31.9 Å². The molecule has 0 aliphatic carbocycles. The quantitative estimate of drug-likeness (QED) is 0.899. The van der Waals surface area contributed by atoms with Gasteiger partial charge in [0.1, 0.15) is 5.76 Å². The van der Waals surface area contributed by atoms with Crippen LogP contribution in [-0.2, 0) is 6.54 Å². The Morgan fingerprint density at radius 3 is 3.00 bits per heavy atom. The summed E-state index contributed by atoms with van der Waals surface area (Å²) >= 11 is 6.77. The molecule has 0 amide bonds. The van der Waals surface area contributed by atoms with E-state index >= 15 is 0 Å². The maximum absolute atomic E-state index is 5.56. The van der Waals surface area contributed by atoms with Crippen LogP contribution in [0.25, 0.3) is 0 Å². The number of furan rings is 1. The van der Waals surface area contributed by atoms with Gasteiger partial charge in [-0.05, 0) is 44.8 Å². The molecule has 3 nitrogen and oxygen atoms in total. The van der Waals surface area contributed by atoms with Crippen LogP contribution in [0.4, 0.5) is 0 Å². The van der Waals surface area contributed by atoms with E-state index in [0.29, 0.717) is 6.04 Å². The van der Waals surface area contributed by atoms with Crippen molar-refractivity contribution in [3.8, 4) is 0 Å². The molecule has 84 valence electrons. The first kappa shape index (κ1) is 11.6. The van der Waals surface area contributed by atoms with Gasteiger partial charge in [0.25, 0.3) is 0 Å². The molecule has 5 heteroatoms. The molecule has 1 aromatic rings. The zero-order chi connectivity index (χ0) is 10.8. The molecule has 2 rings (SSSR count). The third-order valence-electron chi connectivity index (χ3n) is 2.53. The van der Waals surface area contributed by atoms with Crippen molar-refractivity contribution in [2.45, 2.75) is 19.5 Å². The molecule has 1 aliphatic heterocycles. The third kappa shape index (κ3) is 3.06. The number of hydrogen-bond acceptors (Lipinski definition) is 3. The summed E-state index contributed by atoms with van der Waals surface area (Å²) in [5, 5.41) is 3.42. The van der Waals surface area contributed by atoms with E-state index in [4.69, 9.17) is 4.42 Å². The number of rotatable bonds is 2. The summed E-state index contributed by atoms with van der Waals surface area (Å²) in [6.45, 7) is 6.32. The number of nitrogens with one attached hydrogen (secondary N) is 1. The van der Waals surface area contributed by atoms with Gasteiger partial charge < -0.3 is 9.73 Å². The van der Waals surface area contributed by atoms with Crippen molar-refractivity contribution in [3.63, 3.8) is 0 Å². The highest BCUT2D eigenvalue weighted by Crippen LogP contribution is 2.27. The molecule has 0 aromatic carbocycles. The fourth-order valence-corrected chi connectivity index (χ4v) is 2.50. The van der Waals surface area contributed by atoms with E-state index < -0.39 is 0 Å². The highest BCUT2D eigenvalue weighted by Gasteiger charge is 2.17. The first-order valence-electron chi connectivity index (χ1n) is 5.04. The molecule has 0 saturated carbocycles. The minimum atomic E-state index is 0.570. The van der Waals surface area contributed by atoms with E-state index in [1.54, 1.807) is 0 Å². The van der Waals surface area contributed by atoms with E-state index in [0.717, 1.165) is 41.1 Å². The summed E-state index contributed by atoms with van der Waals surface area (Å²) in [7, 11) is 0. The molecule has 1 saturated heterocycles. The van der Waals surface area contributed by atoms with Gasteiger partial charge in [0.15, 0.2) is 4.67 Å². The topological polar surface area (TPSA) is 28.4 Å². The van der Waals surface area contributed by atoms with E-state index in [2.05, 4.69) is 49.0 Å². The van der Waals surface area contributed by atoms with E-state index in [-0.39, 0.29) is 0 Å². The van der Waals surface area contributed by atoms with Crippen LogP contribution in [-0.4, -0.2) is 30.6 Å². The summed E-state index contributed by atoms with van der Waals surface area (Å²) in [6, 6.07) is 2.59. The molecule has 0 spiro atoms. The lowest BCUT2D eigenvalue weighted by Crippen LogP contribution is -2.48. The SMILES string of the molecule is CC1CN(Cc2cc(Br)c(Br)o2)CCN1. The van der Waals surface area contributed by atoms with Gasteiger partial charge in [-0.1, -0.05) is 0 Å². The summed E-state index contributed by atoms with van der Waals surface area (Å²) < 4.78 is 7.33. The van der Waals surface area contributed by atoms with Crippen LogP contribution in [0.2, 0.25) is 0 Å². The predicted molar refractivity (Wildman–Crippen MR) is 66.8 cm³/mol. The van der Waals surface area contributed by atoms with Crippen LogP contribution in [0.1, 0.15) is 12.7 Å². The van der Waals surface area contributed by atoms with E-state index in [1.165, 1.54) is 0 Å². The Balaban J connectivity index is 1.96. The standard InChI is InChI=1S/C10H14Br2N2O/c1-7-5-14(3-2-13-7)6-8-4-9(11)10(12)15-8/h4,7,13H,2-3,5-6H2,1H3. The van der Waals surface area contributed by atoms with Gasteiger partial charge in [-0.3, -0.25) is 4.90 Å². The van der Waals surface area contributed by atoms with Crippen LogP contribution in [0.15, 0.2) is 19.6 Å². The zero-order valence-electron chi connectivity index (χ0n) is 8.59. The third-order valence-corrected chi connectivity index (χ3v) is 4.24. The first-order valence-corrected chi connectivity index (χ1v) is 6.63. The normalized spacial score (nSPS) is 23.3. The van der Waals surface area contributed by atoms with E-state index in [9.17, 15) is 0 Å². The van der Waals surface area contributed by atoms with Gasteiger partial charge in [0.05, 0.1) is 11.0 Å². The molecule has 0 bridgehead atoms. The van der Waals surface area contributed by atoms with Gasteiger partial charge in [-0.25, -0.2) is 0 Å². The average Bonchev–Trinajstić information content (AvgIpc) is 2.45. The Labute approximate surface area is 106 Å². The van der Waals surface area contributed by atoms with Crippen LogP contribution in [0.3, 0.4) is 0 Å². The number of nitrogens with zero attached hydrogens (tertiary/aromatic N) is 1. The van der Waals surface area contributed by atoms with Gasteiger partial charge in [-0.2, -0.15) is 0 Å². The van der Waals surface area contributed by atoms with Gasteiger partial charge >= 0.3 is 0 Å². The molecular weight excluding hydrogens is 324 g/mol. The maximum atomic E-state index is 5.56. The molecular formula is C10H14Br2N2O. The highest BCUT2D eigenvalue weighted by molar-refractivity contribution is 9.13. The number of piperazine rings is 1. The molecule has 2 heterocycles. The summed E-state index contributed by atoms with van der Waals surface area (Å²) in [5.41, 5.74) is 0. The van der Waals surface area contributed by atoms with Gasteiger partial charge in [0.2, 0.25) is 0 Å². The molecule has 0 radical (unpaired) electrons. The lowest BCUT2D eigenvalue weighted by Gasteiger charge is -2.30. The number of halogens is 2. The zero-order valence-corrected chi connectivity index (χ0v) is 11.8.